The summed E-state index contributed by atoms with van der Waals surface area (Å²) >= 11 is 0. The summed E-state index contributed by atoms with van der Waals surface area (Å²) in [4.78, 5) is 27.0. The van der Waals surface area contributed by atoms with Crippen molar-refractivity contribution < 1.29 is 14.0 Å². The van der Waals surface area contributed by atoms with E-state index in [9.17, 15) is 9.59 Å². The molecule has 1 aliphatic heterocycles. The number of nitrogens with one attached hydrogen (secondary N) is 2. The van der Waals surface area contributed by atoms with Gasteiger partial charge in [0.05, 0.1) is 25.4 Å². The van der Waals surface area contributed by atoms with Gasteiger partial charge in [-0.3, -0.25) is 14.5 Å². The van der Waals surface area contributed by atoms with Gasteiger partial charge in [-0.2, -0.15) is 0 Å². The Kier molecular flexibility index (Phi) is 6.25. The number of anilines is 1. The highest BCUT2D eigenvalue weighted by molar-refractivity contribution is 5.93. The number of benzene rings is 2. The van der Waals surface area contributed by atoms with Crippen molar-refractivity contribution in [1.29, 1.82) is 0 Å². The van der Waals surface area contributed by atoms with Crippen LogP contribution in [0.3, 0.4) is 0 Å². The van der Waals surface area contributed by atoms with Crippen molar-refractivity contribution in [3.8, 4) is 11.1 Å². The lowest BCUT2D eigenvalue weighted by Gasteiger charge is -2.23. The molecule has 6 nitrogen and oxygen atoms in total. The first-order chi connectivity index (χ1) is 14.7. The first-order valence-corrected chi connectivity index (χ1v) is 10.2. The minimum absolute atomic E-state index is 0.0658. The lowest BCUT2D eigenvalue weighted by atomic mass is 10.1. The molecule has 0 saturated carbocycles. The van der Waals surface area contributed by atoms with E-state index in [-0.39, 0.29) is 24.4 Å². The van der Waals surface area contributed by atoms with Crippen LogP contribution in [0.2, 0.25) is 0 Å². The van der Waals surface area contributed by atoms with Crippen LogP contribution in [-0.2, 0) is 16.1 Å². The Morgan fingerprint density at radius 1 is 0.967 bits per heavy atom. The zero-order chi connectivity index (χ0) is 20.8. The second-order valence-corrected chi connectivity index (χ2v) is 7.42. The minimum atomic E-state index is -0.286. The van der Waals surface area contributed by atoms with E-state index in [0.717, 1.165) is 36.2 Å². The predicted octanol–water partition coefficient (Wildman–Crippen LogP) is 3.67. The monoisotopic (exact) mass is 403 g/mol. The summed E-state index contributed by atoms with van der Waals surface area (Å²) in [7, 11) is 0. The molecule has 0 spiro atoms. The van der Waals surface area contributed by atoms with Gasteiger partial charge in [-0.15, -0.1) is 0 Å². The molecule has 4 rings (SSSR count). The second-order valence-electron chi connectivity index (χ2n) is 7.42. The quantitative estimate of drug-likeness (QED) is 0.631. The SMILES string of the molecule is O=C(CN1CCCC1C(=O)NCc1ccco1)Nc1ccc(-c2ccccc2)cc1. The molecular formula is C24H25N3O3. The third-order valence-electron chi connectivity index (χ3n) is 5.31. The largest absolute Gasteiger partial charge is 0.467 e. The number of rotatable bonds is 7. The normalized spacial score (nSPS) is 16.3. The van der Waals surface area contributed by atoms with Gasteiger partial charge < -0.3 is 15.1 Å². The van der Waals surface area contributed by atoms with Crippen LogP contribution in [0.15, 0.2) is 77.4 Å². The number of hydrogen-bond acceptors (Lipinski definition) is 4. The molecule has 2 amide bonds. The zero-order valence-electron chi connectivity index (χ0n) is 16.7. The molecule has 30 heavy (non-hydrogen) atoms. The van der Waals surface area contributed by atoms with E-state index in [2.05, 4.69) is 22.8 Å². The Balaban J connectivity index is 1.30. The molecule has 2 N–H and O–H groups in total. The molecule has 1 saturated heterocycles. The van der Waals surface area contributed by atoms with E-state index in [1.165, 1.54) is 0 Å². The Hall–Kier alpha value is -3.38. The fourth-order valence-corrected chi connectivity index (χ4v) is 3.78. The number of furan rings is 1. The van der Waals surface area contributed by atoms with E-state index >= 15 is 0 Å². The predicted molar refractivity (Wildman–Crippen MR) is 116 cm³/mol. The van der Waals surface area contributed by atoms with Crippen LogP contribution >= 0.6 is 0 Å². The standard InChI is InChI=1S/C24H25N3O3/c28-23(26-20-12-10-19(11-13-20)18-6-2-1-3-7-18)17-27-14-4-9-22(27)24(29)25-16-21-8-5-15-30-21/h1-3,5-8,10-13,15,22H,4,9,14,16-17H2,(H,25,29)(H,26,28). The molecule has 2 heterocycles. The zero-order valence-corrected chi connectivity index (χ0v) is 16.7. The van der Waals surface area contributed by atoms with Crippen LogP contribution in [0, 0.1) is 0 Å². The van der Waals surface area contributed by atoms with E-state index in [1.807, 2.05) is 53.4 Å². The lowest BCUT2D eigenvalue weighted by molar-refractivity contribution is -0.126. The number of nitrogens with zero attached hydrogens (tertiary/aromatic N) is 1. The van der Waals surface area contributed by atoms with Crippen LogP contribution in [-0.4, -0.2) is 35.8 Å². The van der Waals surface area contributed by atoms with Crippen molar-refractivity contribution in [1.82, 2.24) is 10.2 Å². The third kappa shape index (κ3) is 4.96. The van der Waals surface area contributed by atoms with Gasteiger partial charge in [-0.05, 0) is 54.8 Å². The highest BCUT2D eigenvalue weighted by Crippen LogP contribution is 2.21. The average molecular weight is 403 g/mol. The highest BCUT2D eigenvalue weighted by atomic mass is 16.3. The van der Waals surface area contributed by atoms with Crippen molar-refractivity contribution in [2.24, 2.45) is 0 Å². The molecular weight excluding hydrogens is 378 g/mol. The number of likely N-dealkylation sites (tertiary alicyclic amines) is 1. The molecule has 3 aromatic rings. The number of hydrogen-bond donors (Lipinski definition) is 2. The van der Waals surface area contributed by atoms with Gasteiger partial charge in [0.1, 0.15) is 5.76 Å². The van der Waals surface area contributed by atoms with E-state index in [1.54, 1.807) is 12.3 Å². The molecule has 1 unspecified atom stereocenters. The van der Waals surface area contributed by atoms with Crippen molar-refractivity contribution in [3.05, 3.63) is 78.8 Å². The smallest absolute Gasteiger partial charge is 0.238 e. The first kappa shape index (κ1) is 19.9. The Labute approximate surface area is 175 Å². The summed E-state index contributed by atoms with van der Waals surface area (Å²) in [6, 6.07) is 21.2. The summed E-state index contributed by atoms with van der Waals surface area (Å²) in [5.74, 6) is 0.529. The number of carbonyl (C=O) groups is 2. The van der Waals surface area contributed by atoms with Crippen LogP contribution in [0.4, 0.5) is 5.69 Å². The van der Waals surface area contributed by atoms with Gasteiger partial charge in [-0.1, -0.05) is 42.5 Å². The van der Waals surface area contributed by atoms with Crippen molar-refractivity contribution >= 4 is 17.5 Å². The van der Waals surface area contributed by atoms with Gasteiger partial charge in [0, 0.05) is 5.69 Å². The van der Waals surface area contributed by atoms with E-state index in [0.29, 0.717) is 12.3 Å². The first-order valence-electron chi connectivity index (χ1n) is 10.2. The van der Waals surface area contributed by atoms with Crippen LogP contribution in [0.5, 0.6) is 0 Å². The van der Waals surface area contributed by atoms with Crippen LogP contribution in [0.1, 0.15) is 18.6 Å². The third-order valence-corrected chi connectivity index (χ3v) is 5.31. The molecule has 1 aliphatic rings. The molecule has 1 fully saturated rings. The summed E-state index contributed by atoms with van der Waals surface area (Å²) in [6.45, 7) is 1.29. The number of amides is 2. The Bertz CT molecular complexity index is 969. The average Bonchev–Trinajstić information content (AvgIpc) is 3.45. The Morgan fingerprint density at radius 3 is 2.47 bits per heavy atom. The van der Waals surface area contributed by atoms with Gasteiger partial charge in [0.25, 0.3) is 0 Å². The Morgan fingerprint density at radius 2 is 1.73 bits per heavy atom. The second kappa shape index (κ2) is 9.41. The molecule has 0 radical (unpaired) electrons. The number of carbonyl (C=O) groups excluding carboxylic acids is 2. The molecule has 1 atom stereocenters. The van der Waals surface area contributed by atoms with Gasteiger partial charge >= 0.3 is 0 Å². The molecule has 0 aliphatic carbocycles. The van der Waals surface area contributed by atoms with Gasteiger partial charge in [0.15, 0.2) is 0 Å². The fourth-order valence-electron chi connectivity index (χ4n) is 3.78. The summed E-state index contributed by atoms with van der Waals surface area (Å²) in [5, 5.41) is 5.83. The van der Waals surface area contributed by atoms with Gasteiger partial charge in [0.2, 0.25) is 11.8 Å². The molecule has 6 heteroatoms. The summed E-state index contributed by atoms with van der Waals surface area (Å²) in [5.41, 5.74) is 2.98. The highest BCUT2D eigenvalue weighted by Gasteiger charge is 2.31. The fraction of sp³-hybridized carbons (Fsp3) is 0.250. The van der Waals surface area contributed by atoms with Crippen LogP contribution in [0.25, 0.3) is 11.1 Å². The topological polar surface area (TPSA) is 74.6 Å². The van der Waals surface area contributed by atoms with Crippen molar-refractivity contribution in [2.45, 2.75) is 25.4 Å². The molecule has 1 aromatic heterocycles. The maximum atomic E-state index is 12.5. The van der Waals surface area contributed by atoms with E-state index < -0.39 is 0 Å². The van der Waals surface area contributed by atoms with Crippen molar-refractivity contribution in [2.75, 3.05) is 18.4 Å². The maximum Gasteiger partial charge on any atom is 0.238 e. The maximum absolute atomic E-state index is 12.5. The van der Waals surface area contributed by atoms with Gasteiger partial charge in [-0.25, -0.2) is 0 Å². The molecule has 2 aromatic carbocycles. The summed E-state index contributed by atoms with van der Waals surface area (Å²) in [6.07, 6.45) is 3.24. The molecule has 0 bridgehead atoms. The minimum Gasteiger partial charge on any atom is -0.467 e. The lowest BCUT2D eigenvalue weighted by Crippen LogP contribution is -2.45. The van der Waals surface area contributed by atoms with E-state index in [4.69, 9.17) is 4.42 Å². The van der Waals surface area contributed by atoms with Crippen molar-refractivity contribution in [3.63, 3.8) is 0 Å². The molecule has 154 valence electrons. The summed E-state index contributed by atoms with van der Waals surface area (Å²) < 4.78 is 5.25. The van der Waals surface area contributed by atoms with Crippen LogP contribution < -0.4 is 10.6 Å².